The Morgan fingerprint density at radius 3 is 2.35 bits per heavy atom. The second-order valence-corrected chi connectivity index (χ2v) is 6.38. The summed E-state index contributed by atoms with van der Waals surface area (Å²) >= 11 is 1.68. The summed E-state index contributed by atoms with van der Waals surface area (Å²) in [5, 5.41) is 21.8. The van der Waals surface area contributed by atoms with Crippen LogP contribution in [-0.2, 0) is 0 Å². The van der Waals surface area contributed by atoms with Crippen molar-refractivity contribution in [2.45, 2.75) is 39.3 Å². The van der Waals surface area contributed by atoms with E-state index in [0.717, 1.165) is 18.7 Å². The minimum Gasteiger partial charge on any atom is -0.394 e. The molecule has 1 aromatic rings. The molecule has 0 fully saturated rings. The Morgan fingerprint density at radius 1 is 1.15 bits per heavy atom. The quantitative estimate of drug-likeness (QED) is 0.655. The zero-order valence-electron chi connectivity index (χ0n) is 12.7. The Kier molecular flexibility index (Phi) is 8.22. The van der Waals surface area contributed by atoms with E-state index >= 15 is 0 Å². The number of hydrogen-bond acceptors (Lipinski definition) is 4. The second-order valence-electron chi connectivity index (χ2n) is 5.30. The van der Waals surface area contributed by atoms with Crippen LogP contribution in [0.5, 0.6) is 0 Å². The van der Waals surface area contributed by atoms with Crippen LogP contribution in [0.1, 0.15) is 36.1 Å². The molecule has 0 aliphatic carbocycles. The number of thioether (sulfide) groups is 1. The van der Waals surface area contributed by atoms with E-state index in [9.17, 15) is 5.11 Å². The zero-order chi connectivity index (χ0) is 15.0. The summed E-state index contributed by atoms with van der Waals surface area (Å²) in [4.78, 5) is 0. The van der Waals surface area contributed by atoms with Crippen LogP contribution in [0, 0.1) is 13.8 Å². The van der Waals surface area contributed by atoms with Crippen LogP contribution < -0.4 is 5.32 Å². The first kappa shape index (κ1) is 17.5. The number of aryl methyl sites for hydroxylation is 2. The van der Waals surface area contributed by atoms with E-state index in [4.69, 9.17) is 5.11 Å². The topological polar surface area (TPSA) is 52.5 Å². The van der Waals surface area contributed by atoms with Crippen LogP contribution in [0.2, 0.25) is 0 Å². The molecule has 0 amide bonds. The summed E-state index contributed by atoms with van der Waals surface area (Å²) in [5.41, 5.74) is 3.87. The smallest absolute Gasteiger partial charge is 0.0861 e. The molecule has 0 heterocycles. The van der Waals surface area contributed by atoms with Gasteiger partial charge in [-0.3, -0.25) is 0 Å². The molecule has 2 unspecified atom stereocenters. The molecule has 1 rings (SSSR count). The van der Waals surface area contributed by atoms with Gasteiger partial charge in [0.25, 0.3) is 0 Å². The van der Waals surface area contributed by atoms with Crippen molar-refractivity contribution >= 4 is 11.8 Å². The van der Waals surface area contributed by atoms with Gasteiger partial charge in [0, 0.05) is 17.5 Å². The molecule has 114 valence electrons. The Balaban J connectivity index is 2.67. The third-order valence-corrected chi connectivity index (χ3v) is 4.28. The minimum atomic E-state index is -0.619. The van der Waals surface area contributed by atoms with Crippen molar-refractivity contribution in [3.05, 3.63) is 34.9 Å². The number of rotatable bonds is 9. The van der Waals surface area contributed by atoms with Crippen molar-refractivity contribution in [3.63, 3.8) is 0 Å². The van der Waals surface area contributed by atoms with Crippen LogP contribution in [0.25, 0.3) is 0 Å². The van der Waals surface area contributed by atoms with Crippen molar-refractivity contribution in [1.82, 2.24) is 5.32 Å². The normalized spacial score (nSPS) is 14.2. The van der Waals surface area contributed by atoms with Gasteiger partial charge < -0.3 is 15.5 Å². The van der Waals surface area contributed by atoms with Crippen LogP contribution in [-0.4, -0.2) is 41.0 Å². The molecule has 2 atom stereocenters. The molecule has 0 bridgehead atoms. The summed E-state index contributed by atoms with van der Waals surface area (Å²) in [6.45, 7) is 7.23. The molecule has 4 heteroatoms. The minimum absolute atomic E-state index is 0.163. The Hall–Kier alpha value is -0.550. The van der Waals surface area contributed by atoms with E-state index in [1.807, 2.05) is 0 Å². The molecule has 0 aliphatic rings. The third-order valence-electron chi connectivity index (χ3n) is 3.09. The highest BCUT2D eigenvalue weighted by atomic mass is 32.2. The molecule has 0 spiro atoms. The Morgan fingerprint density at radius 2 is 1.80 bits per heavy atom. The van der Waals surface area contributed by atoms with Crippen molar-refractivity contribution < 1.29 is 10.2 Å². The van der Waals surface area contributed by atoms with E-state index < -0.39 is 6.10 Å². The van der Waals surface area contributed by atoms with Gasteiger partial charge in [0.2, 0.25) is 0 Å². The molecular formula is C16H27NO2S. The van der Waals surface area contributed by atoms with Gasteiger partial charge in [-0.2, -0.15) is 11.8 Å². The van der Waals surface area contributed by atoms with Crippen LogP contribution in [0.3, 0.4) is 0 Å². The van der Waals surface area contributed by atoms with E-state index in [1.165, 1.54) is 16.7 Å². The van der Waals surface area contributed by atoms with E-state index in [2.05, 4.69) is 44.3 Å². The fraction of sp³-hybridized carbons (Fsp3) is 0.625. The maximum atomic E-state index is 9.41. The fourth-order valence-electron chi connectivity index (χ4n) is 2.18. The maximum Gasteiger partial charge on any atom is 0.0861 e. The van der Waals surface area contributed by atoms with Crippen molar-refractivity contribution in [2.24, 2.45) is 0 Å². The van der Waals surface area contributed by atoms with Crippen molar-refractivity contribution in [1.29, 1.82) is 0 Å². The average Bonchev–Trinajstić information content (AvgIpc) is 2.41. The van der Waals surface area contributed by atoms with Crippen LogP contribution in [0.15, 0.2) is 18.2 Å². The first-order valence-electron chi connectivity index (χ1n) is 7.25. The predicted molar refractivity (Wildman–Crippen MR) is 87.4 cm³/mol. The van der Waals surface area contributed by atoms with Gasteiger partial charge >= 0.3 is 0 Å². The molecule has 0 radical (unpaired) electrons. The summed E-state index contributed by atoms with van der Waals surface area (Å²) in [7, 11) is 0. The highest BCUT2D eigenvalue weighted by Gasteiger charge is 2.13. The first-order valence-corrected chi connectivity index (χ1v) is 8.40. The van der Waals surface area contributed by atoms with E-state index in [0.29, 0.717) is 11.8 Å². The molecule has 0 aliphatic heterocycles. The SMILES string of the molecule is CCCNC(CSCC(O)CO)c1cc(C)cc(C)c1. The average molecular weight is 297 g/mol. The number of hydrogen-bond donors (Lipinski definition) is 3. The van der Waals surface area contributed by atoms with Gasteiger partial charge in [-0.05, 0) is 32.4 Å². The Labute approximate surface area is 126 Å². The standard InChI is InChI=1S/C16H27NO2S/c1-4-5-17-16(11-20-10-15(19)9-18)14-7-12(2)6-13(3)8-14/h6-8,15-19H,4-5,9-11H2,1-3H3. The summed E-state index contributed by atoms with van der Waals surface area (Å²) < 4.78 is 0. The van der Waals surface area contributed by atoms with Crippen molar-refractivity contribution in [2.75, 3.05) is 24.7 Å². The molecule has 0 saturated heterocycles. The summed E-state index contributed by atoms with van der Waals surface area (Å²) in [6, 6.07) is 6.93. The fourth-order valence-corrected chi connectivity index (χ4v) is 3.24. The highest BCUT2D eigenvalue weighted by Crippen LogP contribution is 2.21. The molecule has 0 aromatic heterocycles. The second kappa shape index (κ2) is 9.40. The molecule has 3 N–H and O–H groups in total. The number of aliphatic hydroxyl groups is 2. The van der Waals surface area contributed by atoms with Gasteiger partial charge in [-0.25, -0.2) is 0 Å². The first-order chi connectivity index (χ1) is 9.56. The summed E-state index contributed by atoms with van der Waals surface area (Å²) in [6.07, 6.45) is 0.483. The molecular weight excluding hydrogens is 270 g/mol. The highest BCUT2D eigenvalue weighted by molar-refractivity contribution is 7.99. The molecule has 1 aromatic carbocycles. The third kappa shape index (κ3) is 6.27. The van der Waals surface area contributed by atoms with Gasteiger partial charge in [0.1, 0.15) is 0 Å². The Bertz CT molecular complexity index is 378. The molecule has 20 heavy (non-hydrogen) atoms. The zero-order valence-corrected chi connectivity index (χ0v) is 13.5. The largest absolute Gasteiger partial charge is 0.394 e. The van der Waals surface area contributed by atoms with E-state index in [-0.39, 0.29) is 6.61 Å². The lowest BCUT2D eigenvalue weighted by molar-refractivity contribution is 0.113. The van der Waals surface area contributed by atoms with Gasteiger partial charge in [-0.15, -0.1) is 0 Å². The van der Waals surface area contributed by atoms with E-state index in [1.54, 1.807) is 11.8 Å². The summed E-state index contributed by atoms with van der Waals surface area (Å²) in [5.74, 6) is 1.48. The maximum absolute atomic E-state index is 9.41. The monoisotopic (exact) mass is 297 g/mol. The van der Waals surface area contributed by atoms with Gasteiger partial charge in [-0.1, -0.05) is 36.2 Å². The number of aliphatic hydroxyl groups excluding tert-OH is 2. The van der Waals surface area contributed by atoms with Gasteiger partial charge in [0.05, 0.1) is 12.7 Å². The molecule has 3 nitrogen and oxygen atoms in total. The lowest BCUT2D eigenvalue weighted by Gasteiger charge is -2.20. The number of nitrogens with one attached hydrogen (secondary N) is 1. The van der Waals surface area contributed by atoms with Gasteiger partial charge in [0.15, 0.2) is 0 Å². The number of benzene rings is 1. The lowest BCUT2D eigenvalue weighted by Crippen LogP contribution is -2.25. The predicted octanol–water partition coefficient (Wildman–Crippen LogP) is 2.43. The molecule has 0 saturated carbocycles. The lowest BCUT2D eigenvalue weighted by atomic mass is 10.0. The van der Waals surface area contributed by atoms with Crippen LogP contribution >= 0.6 is 11.8 Å². The van der Waals surface area contributed by atoms with Crippen LogP contribution in [0.4, 0.5) is 0 Å². The van der Waals surface area contributed by atoms with Crippen molar-refractivity contribution in [3.8, 4) is 0 Å².